The topological polar surface area (TPSA) is 83.0 Å². The number of carbonyl (C=O) groups excluding carboxylic acids is 1. The molecule has 2 aromatic heterocycles. The first-order valence-electron chi connectivity index (χ1n) is 11.6. The van der Waals surface area contributed by atoms with Crippen LogP contribution in [-0.2, 0) is 11.0 Å². The van der Waals surface area contributed by atoms with Gasteiger partial charge in [-0.1, -0.05) is 12.1 Å². The van der Waals surface area contributed by atoms with Crippen molar-refractivity contribution in [2.24, 2.45) is 0 Å². The highest BCUT2D eigenvalue weighted by Crippen LogP contribution is 2.36. The van der Waals surface area contributed by atoms with Gasteiger partial charge < -0.3 is 15.5 Å². The van der Waals surface area contributed by atoms with Gasteiger partial charge in [-0.15, -0.1) is 0 Å². The molecular formula is C25H29F3N6O. The van der Waals surface area contributed by atoms with E-state index in [-0.39, 0.29) is 17.5 Å². The van der Waals surface area contributed by atoms with Crippen molar-refractivity contribution in [2.45, 2.75) is 59.3 Å². The van der Waals surface area contributed by atoms with Crippen LogP contribution < -0.4 is 15.5 Å². The van der Waals surface area contributed by atoms with Gasteiger partial charge in [0.1, 0.15) is 11.6 Å². The van der Waals surface area contributed by atoms with Gasteiger partial charge in [0.05, 0.1) is 28.4 Å². The molecule has 10 heteroatoms. The van der Waals surface area contributed by atoms with Gasteiger partial charge in [-0.05, 0) is 57.4 Å². The summed E-state index contributed by atoms with van der Waals surface area (Å²) in [6.07, 6.45) is -3.59. The van der Waals surface area contributed by atoms with E-state index >= 15 is 0 Å². The lowest BCUT2D eigenvalue weighted by Crippen LogP contribution is -2.35. The molecule has 4 rings (SSSR count). The van der Waals surface area contributed by atoms with Crippen molar-refractivity contribution in [1.29, 1.82) is 0 Å². The molecule has 0 bridgehead atoms. The second-order valence-electron chi connectivity index (χ2n) is 9.10. The Hall–Kier alpha value is -3.43. The number of rotatable bonds is 5. The fourth-order valence-electron chi connectivity index (χ4n) is 4.77. The maximum atomic E-state index is 13.4. The highest BCUT2D eigenvalue weighted by atomic mass is 19.4. The molecule has 1 fully saturated rings. The van der Waals surface area contributed by atoms with E-state index in [4.69, 9.17) is 4.98 Å². The molecule has 0 radical (unpaired) electrons. The Labute approximate surface area is 202 Å². The number of alkyl halides is 3. The number of amides is 1. The van der Waals surface area contributed by atoms with Gasteiger partial charge >= 0.3 is 6.18 Å². The third kappa shape index (κ3) is 5.16. The Kier molecular flexibility index (Phi) is 6.57. The molecule has 35 heavy (non-hydrogen) atoms. The van der Waals surface area contributed by atoms with E-state index in [1.54, 1.807) is 13.0 Å². The standard InChI is InChI=1S/C25H29F3N6O/c1-13-19(7-6-8-21(13)25(26,27)28)14(2)29-23-20-11-22(15(3)30-24(20)32-16(4)31-23)34-10-9-18(12-34)33-17(5)35/h6-8,11,14,18H,9-10,12H2,1-5H3,(H,33,35)(H,29,30,31,32)/t14-,18-/m1/s1. The summed E-state index contributed by atoms with van der Waals surface area (Å²) in [4.78, 5) is 27.4. The lowest BCUT2D eigenvalue weighted by Gasteiger charge is -2.23. The van der Waals surface area contributed by atoms with Crippen molar-refractivity contribution in [3.63, 3.8) is 0 Å². The number of benzene rings is 1. The SMILES string of the molecule is CC(=O)N[C@@H]1CCN(c2cc3c(N[C@H](C)c4cccc(C(F)(F)F)c4C)nc(C)nc3nc2C)C1. The number of fused-ring (bicyclic) bond motifs is 1. The minimum Gasteiger partial charge on any atom is -0.368 e. The number of hydrogen-bond donors (Lipinski definition) is 2. The minimum absolute atomic E-state index is 0.0561. The number of hydrogen-bond acceptors (Lipinski definition) is 6. The highest BCUT2D eigenvalue weighted by Gasteiger charge is 2.33. The van der Waals surface area contributed by atoms with E-state index in [2.05, 4.69) is 25.5 Å². The second kappa shape index (κ2) is 9.31. The fraction of sp³-hybridized carbons (Fsp3) is 0.440. The molecule has 2 atom stereocenters. The molecule has 7 nitrogen and oxygen atoms in total. The van der Waals surface area contributed by atoms with Crippen LogP contribution in [0.2, 0.25) is 0 Å². The zero-order valence-corrected chi connectivity index (χ0v) is 20.4. The van der Waals surface area contributed by atoms with Crippen LogP contribution in [0.25, 0.3) is 11.0 Å². The monoisotopic (exact) mass is 486 g/mol. The molecule has 0 saturated carbocycles. The van der Waals surface area contributed by atoms with E-state index < -0.39 is 17.8 Å². The van der Waals surface area contributed by atoms with Crippen molar-refractivity contribution in [3.8, 4) is 0 Å². The van der Waals surface area contributed by atoms with Gasteiger partial charge in [-0.3, -0.25) is 4.79 Å². The first-order chi connectivity index (χ1) is 16.4. The number of nitrogens with zero attached hydrogens (tertiary/aromatic N) is 4. The van der Waals surface area contributed by atoms with Crippen LogP contribution in [0.15, 0.2) is 24.3 Å². The lowest BCUT2D eigenvalue weighted by atomic mass is 9.97. The predicted molar refractivity (Wildman–Crippen MR) is 129 cm³/mol. The summed E-state index contributed by atoms with van der Waals surface area (Å²) in [7, 11) is 0. The second-order valence-corrected chi connectivity index (χ2v) is 9.10. The Morgan fingerprint density at radius 2 is 1.91 bits per heavy atom. The molecule has 1 aliphatic heterocycles. The Morgan fingerprint density at radius 3 is 2.60 bits per heavy atom. The lowest BCUT2D eigenvalue weighted by molar-refractivity contribution is -0.138. The summed E-state index contributed by atoms with van der Waals surface area (Å²) in [5, 5.41) is 6.95. The van der Waals surface area contributed by atoms with Gasteiger partial charge in [0.25, 0.3) is 0 Å². The largest absolute Gasteiger partial charge is 0.416 e. The molecule has 2 N–H and O–H groups in total. The minimum atomic E-state index is -4.42. The zero-order valence-electron chi connectivity index (χ0n) is 20.4. The molecule has 1 saturated heterocycles. The molecular weight excluding hydrogens is 457 g/mol. The summed E-state index contributed by atoms with van der Waals surface area (Å²) < 4.78 is 40.3. The average molecular weight is 487 g/mol. The van der Waals surface area contributed by atoms with Crippen LogP contribution >= 0.6 is 0 Å². The molecule has 1 aromatic carbocycles. The quantitative estimate of drug-likeness (QED) is 0.536. The molecule has 0 unspecified atom stereocenters. The predicted octanol–water partition coefficient (Wildman–Crippen LogP) is 4.86. The zero-order chi connectivity index (χ0) is 25.5. The molecule has 0 aliphatic carbocycles. The van der Waals surface area contributed by atoms with Crippen molar-refractivity contribution < 1.29 is 18.0 Å². The van der Waals surface area contributed by atoms with Crippen LogP contribution in [0.3, 0.4) is 0 Å². The van der Waals surface area contributed by atoms with Crippen LogP contribution in [0.4, 0.5) is 24.7 Å². The number of aromatic nitrogens is 3. The third-order valence-corrected chi connectivity index (χ3v) is 6.40. The maximum Gasteiger partial charge on any atom is 0.416 e. The Balaban J connectivity index is 1.69. The van der Waals surface area contributed by atoms with E-state index in [1.807, 2.05) is 19.9 Å². The number of anilines is 2. The van der Waals surface area contributed by atoms with Crippen molar-refractivity contribution in [3.05, 3.63) is 52.5 Å². The first kappa shape index (κ1) is 24.7. The Morgan fingerprint density at radius 1 is 1.17 bits per heavy atom. The average Bonchev–Trinajstić information content (AvgIpc) is 3.19. The number of pyridine rings is 1. The summed E-state index contributed by atoms with van der Waals surface area (Å²) >= 11 is 0. The number of nitrogens with one attached hydrogen (secondary N) is 2. The Bertz CT molecular complexity index is 1280. The van der Waals surface area contributed by atoms with Gasteiger partial charge in [0.15, 0.2) is 5.65 Å². The van der Waals surface area contributed by atoms with Crippen molar-refractivity contribution >= 4 is 28.4 Å². The van der Waals surface area contributed by atoms with E-state index in [9.17, 15) is 18.0 Å². The van der Waals surface area contributed by atoms with Crippen molar-refractivity contribution in [2.75, 3.05) is 23.3 Å². The third-order valence-electron chi connectivity index (χ3n) is 6.40. The maximum absolute atomic E-state index is 13.4. The van der Waals surface area contributed by atoms with Gasteiger partial charge in [0.2, 0.25) is 5.91 Å². The van der Waals surface area contributed by atoms with Crippen LogP contribution in [0.5, 0.6) is 0 Å². The first-order valence-corrected chi connectivity index (χ1v) is 11.6. The number of halogens is 3. The van der Waals surface area contributed by atoms with Gasteiger partial charge in [0, 0.05) is 26.1 Å². The smallest absolute Gasteiger partial charge is 0.368 e. The van der Waals surface area contributed by atoms with E-state index in [0.29, 0.717) is 34.8 Å². The van der Waals surface area contributed by atoms with Gasteiger partial charge in [-0.2, -0.15) is 13.2 Å². The molecule has 1 aliphatic rings. The summed E-state index contributed by atoms with van der Waals surface area (Å²) in [6, 6.07) is 5.82. The van der Waals surface area contributed by atoms with Crippen LogP contribution in [-0.4, -0.2) is 40.0 Å². The summed E-state index contributed by atoms with van der Waals surface area (Å²) in [5.74, 6) is 0.974. The fourth-order valence-corrected chi connectivity index (χ4v) is 4.77. The highest BCUT2D eigenvalue weighted by molar-refractivity contribution is 5.90. The van der Waals surface area contributed by atoms with Crippen LogP contribution in [0, 0.1) is 20.8 Å². The number of aryl methyl sites for hydroxylation is 2. The summed E-state index contributed by atoms with van der Waals surface area (Å²) in [6.45, 7) is 9.93. The molecule has 3 heterocycles. The normalized spacial score (nSPS) is 17.0. The van der Waals surface area contributed by atoms with Gasteiger partial charge in [-0.25, -0.2) is 15.0 Å². The molecule has 1 amide bonds. The van der Waals surface area contributed by atoms with E-state index in [1.165, 1.54) is 19.9 Å². The molecule has 0 spiro atoms. The van der Waals surface area contributed by atoms with Crippen LogP contribution in [0.1, 0.15) is 54.5 Å². The van der Waals surface area contributed by atoms with E-state index in [0.717, 1.165) is 30.4 Å². The number of carbonyl (C=O) groups is 1. The molecule has 3 aromatic rings. The summed E-state index contributed by atoms with van der Waals surface area (Å²) in [5.41, 5.74) is 2.34. The molecule has 186 valence electrons. The van der Waals surface area contributed by atoms with Crippen molar-refractivity contribution in [1.82, 2.24) is 20.3 Å².